The van der Waals surface area contributed by atoms with Gasteiger partial charge >= 0.3 is 0 Å². The molecule has 0 spiro atoms. The number of halogens is 1. The van der Waals surface area contributed by atoms with Crippen LogP contribution in [0.4, 0.5) is 10.8 Å². The Kier molecular flexibility index (Phi) is 6.52. The first-order valence-corrected chi connectivity index (χ1v) is 11.9. The lowest BCUT2D eigenvalue weighted by molar-refractivity contribution is -0.115. The van der Waals surface area contributed by atoms with Crippen molar-refractivity contribution in [1.82, 2.24) is 20.2 Å². The number of H-pyrrole nitrogens is 1. The van der Waals surface area contributed by atoms with E-state index >= 15 is 0 Å². The fraction of sp³-hybridized carbons (Fsp3) is 0.400. The van der Waals surface area contributed by atoms with Gasteiger partial charge in [0.15, 0.2) is 5.13 Å². The number of hydrogen-bond donors (Lipinski definition) is 1. The van der Waals surface area contributed by atoms with E-state index in [1.807, 2.05) is 17.5 Å². The Labute approximate surface area is 183 Å². The molecule has 0 aliphatic heterocycles. The van der Waals surface area contributed by atoms with E-state index in [0.717, 1.165) is 29.0 Å². The van der Waals surface area contributed by atoms with Crippen LogP contribution in [0.25, 0.3) is 0 Å². The highest BCUT2D eigenvalue weighted by molar-refractivity contribution is 7.98. The Balaban J connectivity index is 1.39. The topological polar surface area (TPSA) is 74.8 Å². The highest BCUT2D eigenvalue weighted by Gasteiger charge is 2.19. The van der Waals surface area contributed by atoms with Crippen LogP contribution in [0.15, 0.2) is 34.8 Å². The number of carbonyl (C=O) groups excluding carboxylic acids is 1. The number of nitrogens with one attached hydrogen (secondary N) is 1. The number of thiazole rings is 1. The molecule has 6 nitrogen and oxygen atoms in total. The number of amides is 1. The zero-order chi connectivity index (χ0) is 20.2. The second-order valence-corrected chi connectivity index (χ2v) is 9.38. The molecule has 1 fully saturated rings. The van der Waals surface area contributed by atoms with E-state index in [4.69, 9.17) is 11.6 Å². The number of benzene rings is 1. The fourth-order valence-electron chi connectivity index (χ4n) is 3.57. The maximum absolute atomic E-state index is 12.2. The average molecular weight is 448 g/mol. The van der Waals surface area contributed by atoms with E-state index < -0.39 is 0 Å². The van der Waals surface area contributed by atoms with Gasteiger partial charge in [-0.2, -0.15) is 0 Å². The number of hydrogen-bond acceptors (Lipinski definition) is 6. The van der Waals surface area contributed by atoms with Gasteiger partial charge in [-0.1, -0.05) is 55.1 Å². The minimum Gasteiger partial charge on any atom is -0.274 e. The number of thioether (sulfide) groups is 1. The van der Waals surface area contributed by atoms with Gasteiger partial charge in [0, 0.05) is 29.5 Å². The normalized spacial score (nSPS) is 14.4. The summed E-state index contributed by atoms with van der Waals surface area (Å²) in [5.41, 5.74) is 1.61. The van der Waals surface area contributed by atoms with Gasteiger partial charge in [0.2, 0.25) is 11.1 Å². The largest absolute Gasteiger partial charge is 0.274 e. The molecule has 2 aromatic heterocycles. The van der Waals surface area contributed by atoms with Crippen LogP contribution in [0.3, 0.4) is 0 Å². The van der Waals surface area contributed by atoms with Crippen molar-refractivity contribution >= 4 is 51.4 Å². The van der Waals surface area contributed by atoms with Gasteiger partial charge in [-0.05, 0) is 24.1 Å². The van der Waals surface area contributed by atoms with Crippen molar-refractivity contribution in [2.24, 2.45) is 5.92 Å². The number of carbonyl (C=O) groups is 1. The van der Waals surface area contributed by atoms with Crippen molar-refractivity contribution < 1.29 is 4.79 Å². The summed E-state index contributed by atoms with van der Waals surface area (Å²) in [5.74, 6) is 2.26. The molecule has 29 heavy (non-hydrogen) atoms. The molecule has 1 amide bonds. The van der Waals surface area contributed by atoms with Crippen LogP contribution in [-0.4, -0.2) is 26.1 Å². The van der Waals surface area contributed by atoms with Gasteiger partial charge in [-0.25, -0.2) is 9.97 Å². The monoisotopic (exact) mass is 447 g/mol. The van der Waals surface area contributed by atoms with Crippen molar-refractivity contribution in [3.05, 3.63) is 46.2 Å². The van der Waals surface area contributed by atoms with E-state index in [9.17, 15) is 4.79 Å². The van der Waals surface area contributed by atoms with Crippen LogP contribution in [0.5, 0.6) is 0 Å². The van der Waals surface area contributed by atoms with Crippen molar-refractivity contribution in [3.63, 3.8) is 0 Å². The van der Waals surface area contributed by atoms with E-state index in [-0.39, 0.29) is 5.91 Å². The predicted octanol–water partition coefficient (Wildman–Crippen LogP) is 5.62. The van der Waals surface area contributed by atoms with Crippen molar-refractivity contribution in [2.45, 2.75) is 49.9 Å². The Morgan fingerprint density at radius 2 is 2.17 bits per heavy atom. The van der Waals surface area contributed by atoms with Crippen LogP contribution in [-0.2, 0) is 17.0 Å². The number of nitrogens with zero attached hydrogens (tertiary/aromatic N) is 4. The number of aromatic amines is 1. The Bertz CT molecular complexity index is 983. The molecular formula is C20H22ClN5OS2. The van der Waals surface area contributed by atoms with Crippen LogP contribution >= 0.6 is 34.7 Å². The fourth-order valence-corrected chi connectivity index (χ4v) is 5.45. The molecule has 9 heteroatoms. The standard InChI is InChI=1S/C20H22ClN5OS2/c1-13(27)26(17-8-4-7-15(21)10-17)20-22-16(12-29-20)11-28-19-23-18(24-25-19)9-14-5-2-3-6-14/h4,7-8,10,12,14H,2-3,5-6,9,11H2,1H3,(H,23,24,25). The van der Waals surface area contributed by atoms with Crippen molar-refractivity contribution in [1.29, 1.82) is 0 Å². The van der Waals surface area contributed by atoms with Gasteiger partial charge < -0.3 is 0 Å². The molecule has 1 aliphatic carbocycles. The summed E-state index contributed by atoms with van der Waals surface area (Å²) < 4.78 is 0. The quantitative estimate of drug-likeness (QED) is 0.475. The molecule has 0 unspecified atom stereocenters. The third-order valence-corrected chi connectivity index (χ3v) is 6.92. The average Bonchev–Trinajstić information content (AvgIpc) is 3.43. The van der Waals surface area contributed by atoms with Gasteiger partial charge in [-0.15, -0.1) is 16.4 Å². The third kappa shape index (κ3) is 5.18. The van der Waals surface area contributed by atoms with Crippen LogP contribution in [0, 0.1) is 5.92 Å². The second kappa shape index (κ2) is 9.28. The molecule has 1 aromatic carbocycles. The zero-order valence-corrected chi connectivity index (χ0v) is 18.5. The third-order valence-electron chi connectivity index (χ3n) is 4.93. The summed E-state index contributed by atoms with van der Waals surface area (Å²) in [5, 5.41) is 11.3. The summed E-state index contributed by atoms with van der Waals surface area (Å²) in [6, 6.07) is 7.22. The first kappa shape index (κ1) is 20.4. The summed E-state index contributed by atoms with van der Waals surface area (Å²) in [6.45, 7) is 1.52. The number of rotatable bonds is 7. The molecule has 4 rings (SSSR count). The maximum Gasteiger partial charge on any atom is 0.230 e. The predicted molar refractivity (Wildman–Crippen MR) is 118 cm³/mol. The summed E-state index contributed by atoms with van der Waals surface area (Å²) in [7, 11) is 0. The van der Waals surface area contributed by atoms with Crippen LogP contribution in [0.2, 0.25) is 5.02 Å². The molecular weight excluding hydrogens is 426 g/mol. The summed E-state index contributed by atoms with van der Waals surface area (Å²) in [4.78, 5) is 23.0. The minimum atomic E-state index is -0.105. The molecule has 1 aliphatic rings. The summed E-state index contributed by atoms with van der Waals surface area (Å²) in [6.07, 6.45) is 6.24. The van der Waals surface area contributed by atoms with Crippen LogP contribution < -0.4 is 4.90 Å². The van der Waals surface area contributed by atoms with Gasteiger partial charge in [-0.3, -0.25) is 14.8 Å². The Morgan fingerprint density at radius 3 is 2.93 bits per heavy atom. The number of aromatic nitrogens is 4. The highest BCUT2D eigenvalue weighted by atomic mass is 35.5. The Hall–Kier alpha value is -1.90. The van der Waals surface area contributed by atoms with Gasteiger partial charge in [0.05, 0.1) is 11.4 Å². The maximum atomic E-state index is 12.2. The van der Waals surface area contributed by atoms with E-state index in [1.54, 1.807) is 28.8 Å². The van der Waals surface area contributed by atoms with Gasteiger partial charge in [0.1, 0.15) is 5.82 Å². The summed E-state index contributed by atoms with van der Waals surface area (Å²) >= 11 is 9.07. The minimum absolute atomic E-state index is 0.105. The SMILES string of the molecule is CC(=O)N(c1cccc(Cl)c1)c1nc(CSc2n[nH]c(CC3CCCC3)n2)cs1. The molecule has 2 heterocycles. The zero-order valence-electron chi connectivity index (χ0n) is 16.1. The molecule has 152 valence electrons. The second-order valence-electron chi connectivity index (χ2n) is 7.16. The van der Waals surface area contributed by atoms with Crippen molar-refractivity contribution in [2.75, 3.05) is 4.90 Å². The Morgan fingerprint density at radius 1 is 1.34 bits per heavy atom. The van der Waals surface area contributed by atoms with Gasteiger partial charge in [0.25, 0.3) is 0 Å². The lowest BCUT2D eigenvalue weighted by atomic mass is 10.0. The number of anilines is 2. The molecule has 0 radical (unpaired) electrons. The molecule has 0 bridgehead atoms. The molecule has 0 saturated heterocycles. The first-order valence-electron chi connectivity index (χ1n) is 9.63. The van der Waals surface area contributed by atoms with Crippen LogP contribution in [0.1, 0.15) is 44.1 Å². The lowest BCUT2D eigenvalue weighted by Gasteiger charge is -2.18. The van der Waals surface area contributed by atoms with E-state index in [0.29, 0.717) is 21.6 Å². The van der Waals surface area contributed by atoms with E-state index in [2.05, 4.69) is 20.2 Å². The van der Waals surface area contributed by atoms with E-state index in [1.165, 1.54) is 43.9 Å². The lowest BCUT2D eigenvalue weighted by Crippen LogP contribution is -2.22. The molecule has 1 N–H and O–H groups in total. The highest BCUT2D eigenvalue weighted by Crippen LogP contribution is 2.32. The first-order chi connectivity index (χ1) is 14.1. The van der Waals surface area contributed by atoms with Crippen molar-refractivity contribution in [3.8, 4) is 0 Å². The molecule has 1 saturated carbocycles. The molecule has 3 aromatic rings. The molecule has 0 atom stereocenters. The smallest absolute Gasteiger partial charge is 0.230 e.